The summed E-state index contributed by atoms with van der Waals surface area (Å²) >= 11 is 9.91. The minimum absolute atomic E-state index is 0.0635. The van der Waals surface area contributed by atoms with Gasteiger partial charge in [0, 0.05) is 26.4 Å². The van der Waals surface area contributed by atoms with E-state index in [2.05, 4.69) is 53.1 Å². The molecule has 0 heterocycles. The molecule has 0 bridgehead atoms. The van der Waals surface area contributed by atoms with Crippen LogP contribution in [0.1, 0.15) is 10.4 Å². The Balaban J connectivity index is 2.79. The van der Waals surface area contributed by atoms with E-state index in [1.54, 1.807) is 12.1 Å². The first-order valence-corrected chi connectivity index (χ1v) is 6.64. The van der Waals surface area contributed by atoms with Crippen LogP contribution in [0, 0.1) is 0 Å². The summed E-state index contributed by atoms with van der Waals surface area (Å²) in [7, 11) is 0. The Morgan fingerprint density at radius 1 is 1.21 bits per heavy atom. The van der Waals surface area contributed by atoms with Gasteiger partial charge in [0.05, 0.1) is 0 Å². The van der Waals surface area contributed by atoms with Gasteiger partial charge >= 0.3 is 0 Å². The van der Waals surface area contributed by atoms with Gasteiger partial charge in [-0.3, -0.25) is 4.79 Å². The molecule has 1 N–H and O–H groups in total. The lowest BCUT2D eigenvalue weighted by atomic mass is 10.2. The van der Waals surface area contributed by atoms with Gasteiger partial charge < -0.3 is 5.32 Å². The van der Waals surface area contributed by atoms with Gasteiger partial charge in [-0.05, 0) is 18.2 Å². The predicted octanol–water partition coefficient (Wildman–Crippen LogP) is 3.34. The lowest BCUT2D eigenvalue weighted by Gasteiger charge is -2.04. The van der Waals surface area contributed by atoms with Crippen molar-refractivity contribution in [1.82, 2.24) is 5.32 Å². The Hall–Kier alpha value is 0.130. The molecule has 0 spiro atoms. The molecule has 1 rings (SSSR count). The Morgan fingerprint density at radius 2 is 1.79 bits per heavy atom. The maximum absolute atomic E-state index is 11.5. The second-order valence-corrected chi connectivity index (χ2v) is 5.23. The largest absolute Gasteiger partial charge is 0.351 e. The monoisotopic (exact) mass is 383 g/mol. The molecule has 1 amide bonds. The number of nitrogens with one attached hydrogen (secondary N) is 1. The highest BCUT2D eigenvalue weighted by molar-refractivity contribution is 9.11. The van der Waals surface area contributed by atoms with E-state index < -0.39 is 0 Å². The summed E-state index contributed by atoms with van der Waals surface area (Å²) < 4.78 is 1.77. The first-order valence-electron chi connectivity index (χ1n) is 3.93. The van der Waals surface area contributed by atoms with Crippen molar-refractivity contribution < 1.29 is 4.79 Å². The number of rotatable bonds is 3. The summed E-state index contributed by atoms with van der Waals surface area (Å²) in [6, 6.07) is 5.46. The SMILES string of the molecule is O=C(NCCBr)c1cc(Br)cc(Br)c1. The third-order valence-corrected chi connectivity index (χ3v) is 2.82. The van der Waals surface area contributed by atoms with Crippen LogP contribution in [-0.4, -0.2) is 17.8 Å². The van der Waals surface area contributed by atoms with Crippen molar-refractivity contribution in [3.8, 4) is 0 Å². The van der Waals surface area contributed by atoms with E-state index in [1.165, 1.54) is 0 Å². The summed E-state index contributed by atoms with van der Waals surface area (Å²) in [5.74, 6) is -0.0635. The number of carbonyl (C=O) groups excluding carboxylic acids is 1. The molecule has 0 saturated carbocycles. The maximum atomic E-state index is 11.5. The number of halogens is 3. The van der Waals surface area contributed by atoms with Crippen LogP contribution in [0.4, 0.5) is 0 Å². The highest BCUT2D eigenvalue weighted by Crippen LogP contribution is 2.19. The predicted molar refractivity (Wildman–Crippen MR) is 68.0 cm³/mol. The van der Waals surface area contributed by atoms with Gasteiger partial charge in [-0.25, -0.2) is 0 Å². The van der Waals surface area contributed by atoms with E-state index >= 15 is 0 Å². The molecule has 2 nitrogen and oxygen atoms in total. The van der Waals surface area contributed by atoms with E-state index in [-0.39, 0.29) is 5.91 Å². The van der Waals surface area contributed by atoms with Gasteiger partial charge in [-0.1, -0.05) is 47.8 Å². The first kappa shape index (κ1) is 12.2. The average Bonchev–Trinajstić information content (AvgIpc) is 2.12. The van der Waals surface area contributed by atoms with Gasteiger partial charge in [-0.2, -0.15) is 0 Å². The number of hydrogen-bond acceptors (Lipinski definition) is 1. The summed E-state index contributed by atoms with van der Waals surface area (Å²) in [5.41, 5.74) is 0.646. The second kappa shape index (κ2) is 5.88. The second-order valence-electron chi connectivity index (χ2n) is 2.60. The topological polar surface area (TPSA) is 29.1 Å². The molecule has 1 aromatic rings. The van der Waals surface area contributed by atoms with Gasteiger partial charge in [0.2, 0.25) is 0 Å². The molecule has 1 aromatic carbocycles. The van der Waals surface area contributed by atoms with Crippen molar-refractivity contribution in [3.63, 3.8) is 0 Å². The van der Waals surface area contributed by atoms with Crippen molar-refractivity contribution in [2.45, 2.75) is 0 Å². The number of carbonyl (C=O) groups is 1. The van der Waals surface area contributed by atoms with Crippen LogP contribution in [0.15, 0.2) is 27.1 Å². The van der Waals surface area contributed by atoms with E-state index in [1.807, 2.05) is 6.07 Å². The fourth-order valence-corrected chi connectivity index (χ4v) is 2.44. The average molecular weight is 386 g/mol. The molecule has 76 valence electrons. The smallest absolute Gasteiger partial charge is 0.251 e. The molecule has 0 aliphatic carbocycles. The lowest BCUT2D eigenvalue weighted by molar-refractivity contribution is 0.0956. The normalized spacial score (nSPS) is 9.93. The van der Waals surface area contributed by atoms with Gasteiger partial charge in [0.25, 0.3) is 5.91 Å². The van der Waals surface area contributed by atoms with Crippen molar-refractivity contribution in [2.75, 3.05) is 11.9 Å². The number of alkyl halides is 1. The first-order chi connectivity index (χ1) is 6.63. The summed E-state index contributed by atoms with van der Waals surface area (Å²) in [5, 5.41) is 3.53. The highest BCUT2D eigenvalue weighted by atomic mass is 79.9. The fourth-order valence-electron chi connectivity index (χ4n) is 0.948. The van der Waals surface area contributed by atoms with Crippen molar-refractivity contribution in [1.29, 1.82) is 0 Å². The van der Waals surface area contributed by atoms with Crippen LogP contribution in [0.5, 0.6) is 0 Å². The molecule has 0 radical (unpaired) electrons. The van der Waals surface area contributed by atoms with Crippen LogP contribution < -0.4 is 5.32 Å². The lowest BCUT2D eigenvalue weighted by Crippen LogP contribution is -2.25. The molecule has 0 aliphatic rings. The molecule has 0 unspecified atom stereocenters. The summed E-state index contributed by atoms with van der Waals surface area (Å²) in [6.07, 6.45) is 0. The summed E-state index contributed by atoms with van der Waals surface area (Å²) in [6.45, 7) is 0.628. The Labute approximate surface area is 108 Å². The van der Waals surface area contributed by atoms with E-state index in [4.69, 9.17) is 0 Å². The number of hydrogen-bond donors (Lipinski definition) is 1. The Kier molecular flexibility index (Phi) is 5.12. The van der Waals surface area contributed by atoms with E-state index in [0.717, 1.165) is 14.3 Å². The molecular formula is C9H8Br3NO. The van der Waals surface area contributed by atoms with Crippen molar-refractivity contribution >= 4 is 53.7 Å². The fraction of sp³-hybridized carbons (Fsp3) is 0.222. The zero-order chi connectivity index (χ0) is 10.6. The van der Waals surface area contributed by atoms with E-state index in [9.17, 15) is 4.79 Å². The van der Waals surface area contributed by atoms with E-state index in [0.29, 0.717) is 12.1 Å². The van der Waals surface area contributed by atoms with Crippen LogP contribution in [-0.2, 0) is 0 Å². The molecule has 0 aliphatic heterocycles. The highest BCUT2D eigenvalue weighted by Gasteiger charge is 2.06. The van der Waals surface area contributed by atoms with Gasteiger partial charge in [0.15, 0.2) is 0 Å². The molecule has 0 saturated heterocycles. The quantitative estimate of drug-likeness (QED) is 0.794. The molecule has 0 atom stereocenters. The third kappa shape index (κ3) is 3.71. The van der Waals surface area contributed by atoms with Crippen molar-refractivity contribution in [2.24, 2.45) is 0 Å². The van der Waals surface area contributed by atoms with Crippen LogP contribution in [0.25, 0.3) is 0 Å². The molecule has 14 heavy (non-hydrogen) atoms. The maximum Gasteiger partial charge on any atom is 0.251 e. The third-order valence-electron chi connectivity index (χ3n) is 1.50. The number of benzene rings is 1. The zero-order valence-electron chi connectivity index (χ0n) is 7.19. The van der Waals surface area contributed by atoms with Crippen LogP contribution >= 0.6 is 47.8 Å². The minimum Gasteiger partial charge on any atom is -0.351 e. The van der Waals surface area contributed by atoms with Crippen LogP contribution in [0.2, 0.25) is 0 Å². The Bertz CT molecular complexity index is 321. The molecule has 0 fully saturated rings. The van der Waals surface area contributed by atoms with Crippen molar-refractivity contribution in [3.05, 3.63) is 32.7 Å². The standard InChI is InChI=1S/C9H8Br3NO/c10-1-2-13-9(14)6-3-7(11)5-8(12)4-6/h3-5H,1-2H2,(H,13,14). The van der Waals surface area contributed by atoms with Gasteiger partial charge in [-0.15, -0.1) is 0 Å². The van der Waals surface area contributed by atoms with Gasteiger partial charge in [0.1, 0.15) is 0 Å². The zero-order valence-corrected chi connectivity index (χ0v) is 11.9. The molecule has 5 heteroatoms. The molecule has 0 aromatic heterocycles. The molecular weight excluding hydrogens is 378 g/mol. The van der Waals surface area contributed by atoms with Crippen LogP contribution in [0.3, 0.4) is 0 Å². The minimum atomic E-state index is -0.0635. The number of amides is 1. The summed E-state index contributed by atoms with van der Waals surface area (Å²) in [4.78, 5) is 11.5. The Morgan fingerprint density at radius 3 is 2.29 bits per heavy atom.